The molecule has 1 aromatic carbocycles. The fourth-order valence-corrected chi connectivity index (χ4v) is 4.97. The van der Waals surface area contributed by atoms with Gasteiger partial charge in [0.15, 0.2) is 6.61 Å². The number of carbonyl (C=O) groups excluding carboxylic acids is 2. The van der Waals surface area contributed by atoms with Crippen molar-refractivity contribution in [2.24, 2.45) is 17.8 Å². The molecule has 1 amide bonds. The molecule has 2 fully saturated rings. The van der Waals surface area contributed by atoms with Gasteiger partial charge >= 0.3 is 5.97 Å². The molecule has 2 saturated carbocycles. The molecule has 2 aliphatic carbocycles. The van der Waals surface area contributed by atoms with Crippen LogP contribution in [0.25, 0.3) is 0 Å². The van der Waals surface area contributed by atoms with Gasteiger partial charge in [0.05, 0.1) is 5.69 Å². The van der Waals surface area contributed by atoms with E-state index in [0.29, 0.717) is 23.9 Å². The van der Waals surface area contributed by atoms with Crippen molar-refractivity contribution in [3.8, 4) is 0 Å². The molecular weight excluding hydrogens is 426 g/mol. The first kappa shape index (κ1) is 17.0. The van der Waals surface area contributed by atoms with Crippen molar-refractivity contribution in [1.82, 2.24) is 0 Å². The zero-order valence-corrected chi connectivity index (χ0v) is 15.9. The van der Waals surface area contributed by atoms with Gasteiger partial charge in [-0.25, -0.2) is 0 Å². The second kappa shape index (κ2) is 7.34. The molecule has 0 unspecified atom stereocenters. The van der Waals surface area contributed by atoms with E-state index in [-0.39, 0.29) is 18.5 Å². The molecule has 0 heterocycles. The van der Waals surface area contributed by atoms with Crippen LogP contribution >= 0.6 is 31.9 Å². The van der Waals surface area contributed by atoms with Gasteiger partial charge in [-0.2, -0.15) is 0 Å². The van der Waals surface area contributed by atoms with Crippen LogP contribution in [0, 0.1) is 17.8 Å². The molecule has 0 radical (unpaired) electrons. The number of hydrogen-bond donors (Lipinski definition) is 1. The van der Waals surface area contributed by atoms with Crippen LogP contribution in [-0.2, 0) is 14.3 Å². The second-order valence-corrected chi connectivity index (χ2v) is 8.24. The van der Waals surface area contributed by atoms with Crippen molar-refractivity contribution in [3.05, 3.63) is 27.1 Å². The number of anilines is 1. The predicted octanol–water partition coefficient (Wildman–Crippen LogP) is 4.52. The minimum atomic E-state index is -0.325. The Morgan fingerprint density at radius 1 is 1.22 bits per heavy atom. The van der Waals surface area contributed by atoms with E-state index in [1.165, 1.54) is 19.3 Å². The Labute approximate surface area is 152 Å². The normalized spacial score (nSPS) is 25.4. The number of carbonyl (C=O) groups is 2. The lowest BCUT2D eigenvalue weighted by Crippen LogP contribution is -2.23. The van der Waals surface area contributed by atoms with Crippen LogP contribution in [0.2, 0.25) is 0 Å². The maximum absolute atomic E-state index is 11.9. The van der Waals surface area contributed by atoms with Gasteiger partial charge in [-0.1, -0.05) is 22.4 Å². The van der Waals surface area contributed by atoms with Gasteiger partial charge in [0.2, 0.25) is 0 Å². The lowest BCUT2D eigenvalue weighted by molar-refractivity contribution is -0.148. The number of esters is 1. The standard InChI is InChI=1S/C17H19Br2NO3/c18-13-3-4-15(14(19)8-13)20-16(21)9-23-17(22)7-12-6-10-1-2-11(12)5-10/h3-4,8,10-12H,1-2,5-7,9H2,(H,20,21)/t10-,11-,12+/m0/s1. The zero-order valence-electron chi connectivity index (χ0n) is 12.7. The SMILES string of the molecule is O=C(COC(=O)C[C@H]1C[C@H]2CC[C@H]1C2)Nc1ccc(Br)cc1Br. The lowest BCUT2D eigenvalue weighted by Gasteiger charge is -2.20. The third kappa shape index (κ3) is 4.35. The number of hydrogen-bond acceptors (Lipinski definition) is 3. The largest absolute Gasteiger partial charge is 0.456 e. The summed E-state index contributed by atoms with van der Waals surface area (Å²) >= 11 is 6.74. The Hall–Kier alpha value is -0.880. The van der Waals surface area contributed by atoms with Crippen LogP contribution in [-0.4, -0.2) is 18.5 Å². The summed E-state index contributed by atoms with van der Waals surface area (Å²) in [5.41, 5.74) is 0.655. The van der Waals surface area contributed by atoms with E-state index >= 15 is 0 Å². The summed E-state index contributed by atoms with van der Waals surface area (Å²) in [6.45, 7) is -0.234. The topological polar surface area (TPSA) is 55.4 Å². The summed E-state index contributed by atoms with van der Waals surface area (Å²) in [5, 5.41) is 2.73. The molecule has 3 atom stereocenters. The van der Waals surface area contributed by atoms with Gasteiger partial charge in [0.1, 0.15) is 0 Å². The molecule has 1 aromatic rings. The summed E-state index contributed by atoms with van der Waals surface area (Å²) in [6.07, 6.45) is 5.45. The second-order valence-electron chi connectivity index (χ2n) is 6.47. The zero-order chi connectivity index (χ0) is 16.4. The number of fused-ring (bicyclic) bond motifs is 2. The molecule has 2 aliphatic rings. The minimum absolute atomic E-state index is 0.234. The van der Waals surface area contributed by atoms with E-state index in [1.54, 1.807) is 6.07 Å². The highest BCUT2D eigenvalue weighted by atomic mass is 79.9. The fourth-order valence-electron chi connectivity index (χ4n) is 3.82. The highest BCUT2D eigenvalue weighted by Gasteiger charge is 2.40. The first-order valence-electron chi connectivity index (χ1n) is 7.92. The van der Waals surface area contributed by atoms with Gasteiger partial charge in [-0.05, 0) is 71.1 Å². The Bertz CT molecular complexity index is 620. The van der Waals surface area contributed by atoms with Crippen LogP contribution in [0.5, 0.6) is 0 Å². The number of amides is 1. The quantitative estimate of drug-likeness (QED) is 0.679. The predicted molar refractivity (Wildman–Crippen MR) is 95.0 cm³/mol. The monoisotopic (exact) mass is 443 g/mol. The van der Waals surface area contributed by atoms with Crippen LogP contribution in [0.3, 0.4) is 0 Å². The van der Waals surface area contributed by atoms with Crippen molar-refractivity contribution in [1.29, 1.82) is 0 Å². The van der Waals surface area contributed by atoms with Gasteiger partial charge in [0, 0.05) is 15.4 Å². The summed E-state index contributed by atoms with van der Waals surface area (Å²) in [6, 6.07) is 5.46. The van der Waals surface area contributed by atoms with Crippen molar-refractivity contribution >= 4 is 49.4 Å². The first-order valence-corrected chi connectivity index (χ1v) is 9.50. The fraction of sp³-hybridized carbons (Fsp3) is 0.529. The maximum atomic E-state index is 11.9. The summed E-state index contributed by atoms with van der Waals surface area (Å²) < 4.78 is 6.82. The summed E-state index contributed by atoms with van der Waals surface area (Å²) in [5.74, 6) is 1.39. The molecule has 6 heteroatoms. The van der Waals surface area contributed by atoms with Crippen molar-refractivity contribution in [2.45, 2.75) is 32.1 Å². The van der Waals surface area contributed by atoms with Crippen molar-refractivity contribution in [3.63, 3.8) is 0 Å². The van der Waals surface area contributed by atoms with Crippen LogP contribution in [0.1, 0.15) is 32.1 Å². The van der Waals surface area contributed by atoms with Gasteiger partial charge in [-0.3, -0.25) is 9.59 Å². The Morgan fingerprint density at radius 3 is 2.70 bits per heavy atom. The van der Waals surface area contributed by atoms with Gasteiger partial charge < -0.3 is 10.1 Å². The number of nitrogens with one attached hydrogen (secondary N) is 1. The molecule has 0 saturated heterocycles. The molecule has 2 bridgehead atoms. The molecule has 0 aliphatic heterocycles. The van der Waals surface area contributed by atoms with Crippen molar-refractivity contribution in [2.75, 3.05) is 11.9 Å². The summed E-state index contributed by atoms with van der Waals surface area (Å²) in [7, 11) is 0. The third-order valence-electron chi connectivity index (χ3n) is 4.88. The molecule has 23 heavy (non-hydrogen) atoms. The first-order chi connectivity index (χ1) is 11.0. The molecule has 4 nitrogen and oxygen atoms in total. The van der Waals surface area contributed by atoms with Crippen molar-refractivity contribution < 1.29 is 14.3 Å². The number of benzene rings is 1. The molecular formula is C17H19Br2NO3. The van der Waals surface area contributed by atoms with Crippen LogP contribution in [0.15, 0.2) is 27.1 Å². The molecule has 0 aromatic heterocycles. The van der Waals surface area contributed by atoms with Crippen LogP contribution < -0.4 is 5.32 Å². The number of rotatable bonds is 5. The van der Waals surface area contributed by atoms with E-state index in [2.05, 4.69) is 37.2 Å². The Balaban J connectivity index is 1.42. The average Bonchev–Trinajstić information content (AvgIpc) is 3.11. The molecule has 0 spiro atoms. The Kier molecular flexibility index (Phi) is 5.42. The third-order valence-corrected chi connectivity index (χ3v) is 6.03. The lowest BCUT2D eigenvalue weighted by atomic mass is 9.86. The van der Waals surface area contributed by atoms with Crippen LogP contribution in [0.4, 0.5) is 5.69 Å². The average molecular weight is 445 g/mol. The minimum Gasteiger partial charge on any atom is -0.456 e. The number of ether oxygens (including phenoxy) is 1. The van der Waals surface area contributed by atoms with Gasteiger partial charge in [0.25, 0.3) is 5.91 Å². The van der Waals surface area contributed by atoms with E-state index in [1.807, 2.05) is 12.1 Å². The smallest absolute Gasteiger partial charge is 0.306 e. The highest BCUT2D eigenvalue weighted by Crippen LogP contribution is 2.49. The Morgan fingerprint density at radius 2 is 2.04 bits per heavy atom. The van der Waals surface area contributed by atoms with E-state index in [0.717, 1.165) is 21.3 Å². The van der Waals surface area contributed by atoms with E-state index in [4.69, 9.17) is 4.74 Å². The number of halogens is 2. The van der Waals surface area contributed by atoms with Gasteiger partial charge in [-0.15, -0.1) is 0 Å². The molecule has 3 rings (SSSR count). The van der Waals surface area contributed by atoms with E-state index < -0.39 is 0 Å². The van der Waals surface area contributed by atoms with E-state index in [9.17, 15) is 9.59 Å². The summed E-state index contributed by atoms with van der Waals surface area (Å²) in [4.78, 5) is 23.8. The molecule has 124 valence electrons. The molecule has 1 N–H and O–H groups in total. The highest BCUT2D eigenvalue weighted by molar-refractivity contribution is 9.11. The maximum Gasteiger partial charge on any atom is 0.306 e.